The quantitative estimate of drug-likeness (QED) is 0.0222. The van der Waals surface area contributed by atoms with E-state index in [0.29, 0.717) is 31.6 Å². The van der Waals surface area contributed by atoms with E-state index < -0.39 is 97.5 Å². The Morgan fingerprint density at radius 1 is 0.329 bits per heavy atom. The average molecular weight is 1210 g/mol. The molecule has 0 saturated heterocycles. The van der Waals surface area contributed by atoms with E-state index in [9.17, 15) is 43.2 Å². The van der Waals surface area contributed by atoms with Gasteiger partial charge in [0, 0.05) is 25.7 Å². The molecule has 0 aromatic rings. The summed E-state index contributed by atoms with van der Waals surface area (Å²) in [4.78, 5) is 71.8. The van der Waals surface area contributed by atoms with E-state index in [1.807, 2.05) is 0 Å². The molecule has 0 rings (SSSR count). The lowest BCUT2D eigenvalue weighted by Crippen LogP contribution is -2.30. The maximum Gasteiger partial charge on any atom is 0.472 e. The molecule has 0 amide bonds. The fourth-order valence-electron chi connectivity index (χ4n) is 9.35. The first-order valence-corrected chi connectivity index (χ1v) is 36.0. The Hall–Kier alpha value is -1.94. The number of ether oxygens (including phenoxy) is 4. The molecular weight excluding hydrogens is 1090 g/mol. The standard InChI is InChI=1S/C63H122O17P2/c1-7-9-11-13-14-22-28-35-41-47-62(67)79-58(51-73-60(65)45-39-31-12-10-8-2)53-77-81(69,70)75-49-57(64)50-76-82(71,72)78-54-59(52-74-61(66)46-40-34-30-25-27-33-38-44-56(5)6)80-63(68)48-42-36-29-24-21-19-17-15-16-18-20-23-26-32-37-43-55(3)4/h55-59,64H,7-54H2,1-6H3,(H,69,70)(H,71,72)/t57-,58+,59+/m0/s1. The third-order valence-electron chi connectivity index (χ3n) is 14.5. The number of phosphoric acid groups is 2. The highest BCUT2D eigenvalue weighted by atomic mass is 31.2. The first kappa shape index (κ1) is 80.1. The van der Waals surface area contributed by atoms with Crippen LogP contribution in [0.2, 0.25) is 0 Å². The minimum atomic E-state index is -4.94. The van der Waals surface area contributed by atoms with Crippen LogP contribution in [0.25, 0.3) is 0 Å². The van der Waals surface area contributed by atoms with Crippen molar-refractivity contribution in [1.29, 1.82) is 0 Å². The summed E-state index contributed by atoms with van der Waals surface area (Å²) in [5.74, 6) is -0.640. The van der Waals surface area contributed by atoms with Gasteiger partial charge in [0.15, 0.2) is 12.2 Å². The number of carbonyl (C=O) groups excluding carboxylic acids is 4. The summed E-state index contributed by atoms with van der Waals surface area (Å²) in [6.45, 7) is 9.35. The van der Waals surface area contributed by atoms with E-state index in [1.165, 1.54) is 116 Å². The van der Waals surface area contributed by atoms with Crippen LogP contribution < -0.4 is 0 Å². The molecule has 0 radical (unpaired) electrons. The lowest BCUT2D eigenvalue weighted by atomic mass is 10.0. The number of carbonyl (C=O) groups is 4. The van der Waals surface area contributed by atoms with Crippen molar-refractivity contribution in [3.63, 3.8) is 0 Å². The van der Waals surface area contributed by atoms with Gasteiger partial charge in [-0.1, -0.05) is 260 Å². The maximum atomic E-state index is 13.0. The molecule has 0 aliphatic carbocycles. The van der Waals surface area contributed by atoms with Crippen LogP contribution in [0.1, 0.15) is 311 Å². The zero-order chi connectivity index (χ0) is 60.8. The van der Waals surface area contributed by atoms with Crippen LogP contribution in [0.15, 0.2) is 0 Å². The van der Waals surface area contributed by atoms with E-state index in [-0.39, 0.29) is 25.7 Å². The Kier molecular flexibility index (Phi) is 54.3. The monoisotopic (exact) mass is 1210 g/mol. The highest BCUT2D eigenvalue weighted by Crippen LogP contribution is 2.45. The minimum Gasteiger partial charge on any atom is -0.462 e. The second-order valence-electron chi connectivity index (χ2n) is 23.7. The number of aliphatic hydroxyl groups is 1. The van der Waals surface area contributed by atoms with Crippen LogP contribution in [-0.2, 0) is 65.4 Å². The summed E-state index contributed by atoms with van der Waals surface area (Å²) in [6, 6.07) is 0. The van der Waals surface area contributed by atoms with Crippen molar-refractivity contribution in [1.82, 2.24) is 0 Å². The van der Waals surface area contributed by atoms with Crippen molar-refractivity contribution >= 4 is 39.5 Å². The van der Waals surface area contributed by atoms with Gasteiger partial charge in [-0.25, -0.2) is 9.13 Å². The van der Waals surface area contributed by atoms with Crippen molar-refractivity contribution in [3.8, 4) is 0 Å². The highest BCUT2D eigenvalue weighted by molar-refractivity contribution is 7.47. The molecule has 5 atom stereocenters. The Bertz CT molecular complexity index is 1620. The van der Waals surface area contributed by atoms with E-state index in [0.717, 1.165) is 109 Å². The number of hydrogen-bond acceptors (Lipinski definition) is 15. The van der Waals surface area contributed by atoms with Gasteiger partial charge >= 0.3 is 39.5 Å². The van der Waals surface area contributed by atoms with Gasteiger partial charge in [-0.05, 0) is 37.5 Å². The zero-order valence-corrected chi connectivity index (χ0v) is 54.6. The Morgan fingerprint density at radius 3 is 0.829 bits per heavy atom. The Morgan fingerprint density at radius 2 is 0.561 bits per heavy atom. The molecule has 0 saturated carbocycles. The van der Waals surface area contributed by atoms with Gasteiger partial charge in [0.25, 0.3) is 0 Å². The van der Waals surface area contributed by atoms with Crippen LogP contribution in [-0.4, -0.2) is 96.7 Å². The predicted octanol–water partition coefficient (Wildman–Crippen LogP) is 17.3. The molecule has 0 aromatic heterocycles. The number of esters is 4. The molecule has 3 N–H and O–H groups in total. The molecule has 0 spiro atoms. The molecule has 0 aromatic carbocycles. The molecule has 0 aliphatic heterocycles. The fraction of sp³-hybridized carbons (Fsp3) is 0.937. The van der Waals surface area contributed by atoms with Gasteiger partial charge in [-0.2, -0.15) is 0 Å². The molecule has 0 bridgehead atoms. The van der Waals surface area contributed by atoms with E-state index in [1.54, 1.807) is 0 Å². The third-order valence-corrected chi connectivity index (χ3v) is 16.4. The molecule has 0 aliphatic rings. The molecule has 17 nitrogen and oxygen atoms in total. The SMILES string of the molecule is CCCCCCCCCCCC(=O)O[C@H](COC(=O)CCCCCCC)COP(=O)(O)OC[C@H](O)COP(=O)(O)OC[C@@H](COC(=O)CCCCCCCCCC(C)C)OC(=O)CCCCCCCCCCCCCCCCCC(C)C. The summed E-state index contributed by atoms with van der Waals surface area (Å²) in [7, 11) is -9.87. The number of aliphatic hydroxyl groups excluding tert-OH is 1. The first-order chi connectivity index (χ1) is 39.4. The minimum absolute atomic E-state index is 0.105. The zero-order valence-electron chi connectivity index (χ0n) is 52.8. The topological polar surface area (TPSA) is 237 Å². The van der Waals surface area contributed by atoms with Crippen LogP contribution in [0.4, 0.5) is 0 Å². The van der Waals surface area contributed by atoms with Crippen molar-refractivity contribution in [2.45, 2.75) is 330 Å². The summed E-state index contributed by atoms with van der Waals surface area (Å²) in [5.41, 5.74) is 0. The van der Waals surface area contributed by atoms with E-state index in [2.05, 4.69) is 41.5 Å². The number of unbranched alkanes of at least 4 members (excludes halogenated alkanes) is 32. The smallest absolute Gasteiger partial charge is 0.462 e. The summed E-state index contributed by atoms with van der Waals surface area (Å²) >= 11 is 0. The first-order valence-electron chi connectivity index (χ1n) is 33.0. The lowest BCUT2D eigenvalue weighted by Gasteiger charge is -2.21. The molecule has 486 valence electrons. The van der Waals surface area contributed by atoms with Gasteiger partial charge in [0.1, 0.15) is 19.3 Å². The van der Waals surface area contributed by atoms with Crippen LogP contribution >= 0.6 is 15.6 Å². The van der Waals surface area contributed by atoms with E-state index in [4.69, 9.17) is 37.0 Å². The average Bonchev–Trinajstić information content (AvgIpc) is 3.44. The maximum absolute atomic E-state index is 13.0. The number of rotatable bonds is 62. The molecule has 0 fully saturated rings. The summed E-state index contributed by atoms with van der Waals surface area (Å²) in [6.07, 6.45) is 38.1. The van der Waals surface area contributed by atoms with Crippen molar-refractivity contribution < 1.29 is 80.2 Å². The van der Waals surface area contributed by atoms with Crippen LogP contribution in [0.5, 0.6) is 0 Å². The number of hydrogen-bond donors (Lipinski definition) is 3. The van der Waals surface area contributed by atoms with Crippen LogP contribution in [0, 0.1) is 11.8 Å². The van der Waals surface area contributed by atoms with Crippen molar-refractivity contribution in [3.05, 3.63) is 0 Å². The molecule has 19 heteroatoms. The van der Waals surface area contributed by atoms with Crippen LogP contribution in [0.3, 0.4) is 0 Å². The van der Waals surface area contributed by atoms with Gasteiger partial charge in [0.2, 0.25) is 0 Å². The van der Waals surface area contributed by atoms with Gasteiger partial charge in [-0.15, -0.1) is 0 Å². The normalized spacial score (nSPS) is 14.3. The lowest BCUT2D eigenvalue weighted by molar-refractivity contribution is -0.161. The largest absolute Gasteiger partial charge is 0.472 e. The summed E-state index contributed by atoms with van der Waals surface area (Å²) < 4.78 is 67.7. The van der Waals surface area contributed by atoms with Crippen molar-refractivity contribution in [2.75, 3.05) is 39.6 Å². The second-order valence-corrected chi connectivity index (χ2v) is 26.7. The predicted molar refractivity (Wildman–Crippen MR) is 326 cm³/mol. The summed E-state index contributed by atoms with van der Waals surface area (Å²) in [5, 5.41) is 10.5. The highest BCUT2D eigenvalue weighted by Gasteiger charge is 2.30. The molecule has 2 unspecified atom stereocenters. The molecule has 82 heavy (non-hydrogen) atoms. The van der Waals surface area contributed by atoms with Gasteiger partial charge in [-0.3, -0.25) is 37.3 Å². The Balaban J connectivity index is 5.12. The molecule has 0 heterocycles. The van der Waals surface area contributed by atoms with E-state index >= 15 is 0 Å². The van der Waals surface area contributed by atoms with Gasteiger partial charge in [0.05, 0.1) is 26.4 Å². The van der Waals surface area contributed by atoms with Gasteiger partial charge < -0.3 is 33.8 Å². The third kappa shape index (κ3) is 57.2. The fourth-order valence-corrected chi connectivity index (χ4v) is 10.9. The number of phosphoric ester groups is 2. The Labute approximate surface area is 498 Å². The second kappa shape index (κ2) is 55.6. The van der Waals surface area contributed by atoms with Crippen molar-refractivity contribution in [2.24, 2.45) is 11.8 Å². The molecular formula is C63H122O17P2.